The first kappa shape index (κ1) is 19.7. The van der Waals surface area contributed by atoms with Crippen LogP contribution in [0.3, 0.4) is 0 Å². The molecule has 0 bridgehead atoms. The SMILES string of the molecule is CCc1nc2ccc(Cl)cn2c1C(=O)N1CCN(C/C=C/c2ccccc2)CC1. The van der Waals surface area contributed by atoms with Crippen molar-refractivity contribution in [3.63, 3.8) is 0 Å². The number of hydrogen-bond donors (Lipinski definition) is 0. The molecule has 0 radical (unpaired) electrons. The lowest BCUT2D eigenvalue weighted by Gasteiger charge is -2.34. The van der Waals surface area contributed by atoms with Crippen molar-refractivity contribution >= 4 is 29.2 Å². The summed E-state index contributed by atoms with van der Waals surface area (Å²) in [6.07, 6.45) is 6.83. The van der Waals surface area contributed by atoms with E-state index in [1.165, 1.54) is 5.56 Å². The minimum absolute atomic E-state index is 0.0381. The molecule has 150 valence electrons. The van der Waals surface area contributed by atoms with Crippen molar-refractivity contribution < 1.29 is 4.79 Å². The van der Waals surface area contributed by atoms with Crippen LogP contribution in [0.5, 0.6) is 0 Å². The highest BCUT2D eigenvalue weighted by atomic mass is 35.5. The van der Waals surface area contributed by atoms with Gasteiger partial charge in [-0.25, -0.2) is 4.98 Å². The predicted octanol–water partition coefficient (Wildman–Crippen LogP) is 4.02. The summed E-state index contributed by atoms with van der Waals surface area (Å²) in [7, 11) is 0. The Balaban J connectivity index is 1.41. The number of carbonyl (C=O) groups excluding carboxylic acids is 1. The third-order valence-electron chi connectivity index (χ3n) is 5.33. The van der Waals surface area contributed by atoms with Gasteiger partial charge in [-0.3, -0.25) is 14.1 Å². The van der Waals surface area contributed by atoms with Gasteiger partial charge in [0.1, 0.15) is 11.3 Å². The number of nitrogens with zero attached hydrogens (tertiary/aromatic N) is 4. The lowest BCUT2D eigenvalue weighted by Crippen LogP contribution is -2.49. The summed E-state index contributed by atoms with van der Waals surface area (Å²) in [6.45, 7) is 6.08. The van der Waals surface area contributed by atoms with Crippen LogP contribution in [0.15, 0.2) is 54.7 Å². The van der Waals surface area contributed by atoms with Crippen LogP contribution in [0.1, 0.15) is 28.7 Å². The van der Waals surface area contributed by atoms with Gasteiger partial charge in [-0.05, 0) is 24.1 Å². The largest absolute Gasteiger partial charge is 0.335 e. The van der Waals surface area contributed by atoms with Crippen LogP contribution in [0, 0.1) is 0 Å². The first-order valence-corrected chi connectivity index (χ1v) is 10.4. The van der Waals surface area contributed by atoms with E-state index in [1.54, 1.807) is 12.3 Å². The molecule has 0 saturated carbocycles. The predicted molar refractivity (Wildman–Crippen MR) is 117 cm³/mol. The third kappa shape index (κ3) is 4.36. The van der Waals surface area contributed by atoms with Gasteiger partial charge in [0.25, 0.3) is 5.91 Å². The second-order valence-electron chi connectivity index (χ2n) is 7.24. The summed E-state index contributed by atoms with van der Waals surface area (Å²) < 4.78 is 1.83. The number of pyridine rings is 1. The van der Waals surface area contributed by atoms with Gasteiger partial charge >= 0.3 is 0 Å². The van der Waals surface area contributed by atoms with Crippen LogP contribution in [0.25, 0.3) is 11.7 Å². The number of hydrogen-bond acceptors (Lipinski definition) is 3. The molecule has 1 aromatic carbocycles. The van der Waals surface area contributed by atoms with Crippen LogP contribution in [0.2, 0.25) is 5.02 Å². The fourth-order valence-electron chi connectivity index (χ4n) is 3.73. The van der Waals surface area contributed by atoms with Gasteiger partial charge in [-0.1, -0.05) is 61.0 Å². The molecule has 5 nitrogen and oxygen atoms in total. The van der Waals surface area contributed by atoms with Crippen LogP contribution in [0.4, 0.5) is 0 Å². The van der Waals surface area contributed by atoms with Gasteiger partial charge in [0.15, 0.2) is 0 Å². The maximum atomic E-state index is 13.3. The monoisotopic (exact) mass is 408 g/mol. The van der Waals surface area contributed by atoms with E-state index in [4.69, 9.17) is 11.6 Å². The van der Waals surface area contributed by atoms with Crippen LogP contribution in [-0.4, -0.2) is 57.8 Å². The van der Waals surface area contributed by atoms with E-state index in [1.807, 2.05) is 40.5 Å². The highest BCUT2D eigenvalue weighted by molar-refractivity contribution is 6.30. The Morgan fingerprint density at radius 2 is 1.86 bits per heavy atom. The van der Waals surface area contributed by atoms with Crippen molar-refractivity contribution in [2.24, 2.45) is 0 Å². The Morgan fingerprint density at radius 3 is 2.59 bits per heavy atom. The van der Waals surface area contributed by atoms with E-state index in [0.29, 0.717) is 17.1 Å². The molecule has 0 spiro atoms. The highest BCUT2D eigenvalue weighted by Crippen LogP contribution is 2.19. The molecule has 1 amide bonds. The topological polar surface area (TPSA) is 40.9 Å². The Labute approximate surface area is 176 Å². The summed E-state index contributed by atoms with van der Waals surface area (Å²) in [6, 6.07) is 14.0. The molecule has 1 aliphatic rings. The van der Waals surface area contributed by atoms with Gasteiger partial charge in [0.05, 0.1) is 10.7 Å². The number of rotatable bonds is 5. The summed E-state index contributed by atoms with van der Waals surface area (Å²) >= 11 is 6.16. The zero-order valence-electron chi connectivity index (χ0n) is 16.6. The Bertz CT molecular complexity index is 1020. The number of aromatic nitrogens is 2. The minimum atomic E-state index is 0.0381. The van der Waals surface area contributed by atoms with E-state index in [0.717, 1.165) is 44.1 Å². The number of benzene rings is 1. The first-order chi connectivity index (χ1) is 14.2. The molecule has 3 aromatic rings. The smallest absolute Gasteiger partial charge is 0.272 e. The fourth-order valence-corrected chi connectivity index (χ4v) is 3.89. The van der Waals surface area contributed by atoms with Crippen molar-refractivity contribution in [3.8, 4) is 0 Å². The molecule has 0 aliphatic carbocycles. The number of piperazine rings is 1. The zero-order valence-corrected chi connectivity index (χ0v) is 17.3. The summed E-state index contributed by atoms with van der Waals surface area (Å²) in [5.41, 5.74) is 3.44. The Hall–Kier alpha value is -2.63. The van der Waals surface area contributed by atoms with Gasteiger partial charge in [0, 0.05) is 38.9 Å². The molecule has 1 saturated heterocycles. The number of amides is 1. The highest BCUT2D eigenvalue weighted by Gasteiger charge is 2.26. The number of fused-ring (bicyclic) bond motifs is 1. The molecule has 4 rings (SSSR count). The van der Waals surface area contributed by atoms with Crippen LogP contribution in [-0.2, 0) is 6.42 Å². The second kappa shape index (κ2) is 8.80. The molecule has 3 heterocycles. The molecule has 1 fully saturated rings. The minimum Gasteiger partial charge on any atom is -0.335 e. The third-order valence-corrected chi connectivity index (χ3v) is 5.55. The van der Waals surface area contributed by atoms with E-state index in [-0.39, 0.29) is 5.91 Å². The van der Waals surface area contributed by atoms with Gasteiger partial charge in [-0.2, -0.15) is 0 Å². The van der Waals surface area contributed by atoms with Gasteiger partial charge in [-0.15, -0.1) is 0 Å². The van der Waals surface area contributed by atoms with Crippen molar-refractivity contribution in [1.82, 2.24) is 19.2 Å². The van der Waals surface area contributed by atoms with Crippen LogP contribution < -0.4 is 0 Å². The molecule has 0 unspecified atom stereocenters. The van der Waals surface area contributed by atoms with Crippen molar-refractivity contribution in [2.45, 2.75) is 13.3 Å². The van der Waals surface area contributed by atoms with Gasteiger partial charge in [0.2, 0.25) is 0 Å². The van der Waals surface area contributed by atoms with E-state index >= 15 is 0 Å². The Kier molecular flexibility index (Phi) is 5.97. The zero-order chi connectivity index (χ0) is 20.2. The quantitative estimate of drug-likeness (QED) is 0.640. The number of imidazole rings is 1. The lowest BCUT2D eigenvalue weighted by atomic mass is 10.2. The fraction of sp³-hybridized carbons (Fsp3) is 0.304. The van der Waals surface area contributed by atoms with Crippen molar-refractivity contribution in [1.29, 1.82) is 0 Å². The van der Waals surface area contributed by atoms with E-state index in [2.05, 4.69) is 34.2 Å². The van der Waals surface area contributed by atoms with E-state index < -0.39 is 0 Å². The summed E-state index contributed by atoms with van der Waals surface area (Å²) in [4.78, 5) is 22.2. The second-order valence-corrected chi connectivity index (χ2v) is 7.68. The molecule has 6 heteroatoms. The molecular weight excluding hydrogens is 384 g/mol. The van der Waals surface area contributed by atoms with Crippen molar-refractivity contribution in [3.05, 3.63) is 76.7 Å². The maximum Gasteiger partial charge on any atom is 0.272 e. The molecule has 29 heavy (non-hydrogen) atoms. The number of aryl methyl sites for hydroxylation is 1. The molecule has 0 N–H and O–H groups in total. The normalized spacial score (nSPS) is 15.4. The summed E-state index contributed by atoms with van der Waals surface area (Å²) in [5, 5.41) is 0.599. The Morgan fingerprint density at radius 1 is 1.10 bits per heavy atom. The van der Waals surface area contributed by atoms with Crippen molar-refractivity contribution in [2.75, 3.05) is 32.7 Å². The standard InChI is InChI=1S/C23H25ClN4O/c1-2-20-22(28-17-19(24)10-11-21(28)25-20)23(29)27-15-13-26(14-16-27)12-6-9-18-7-4-3-5-8-18/h3-11,17H,2,12-16H2,1H3/b9-6+. The first-order valence-electron chi connectivity index (χ1n) is 10.1. The molecular formula is C23H25ClN4O. The molecule has 1 aliphatic heterocycles. The maximum absolute atomic E-state index is 13.3. The number of carbonyl (C=O) groups is 1. The molecule has 2 aromatic heterocycles. The average molecular weight is 409 g/mol. The lowest BCUT2D eigenvalue weighted by molar-refractivity contribution is 0.0642. The van der Waals surface area contributed by atoms with E-state index in [9.17, 15) is 4.79 Å². The number of halogens is 1. The van der Waals surface area contributed by atoms with Crippen LogP contribution >= 0.6 is 11.6 Å². The summed E-state index contributed by atoms with van der Waals surface area (Å²) in [5.74, 6) is 0.0381. The molecule has 0 atom stereocenters. The van der Waals surface area contributed by atoms with Gasteiger partial charge < -0.3 is 4.90 Å². The average Bonchev–Trinajstić information content (AvgIpc) is 3.12.